The van der Waals surface area contributed by atoms with E-state index < -0.39 is 28.8 Å². The summed E-state index contributed by atoms with van der Waals surface area (Å²) in [6.45, 7) is 1.91. The molecule has 1 aliphatic rings. The van der Waals surface area contributed by atoms with Crippen molar-refractivity contribution in [2.75, 3.05) is 6.54 Å². The van der Waals surface area contributed by atoms with E-state index in [1.54, 1.807) is 11.0 Å². The number of amides is 1. The molecule has 172 valence electrons. The van der Waals surface area contributed by atoms with Crippen molar-refractivity contribution < 1.29 is 18.0 Å². The number of carbonyl (C=O) groups excluding carboxylic acids is 1. The Balaban J connectivity index is 1.71. The standard InChI is InChI=1S/C24H21ClF3N3O2/c1-15-13-21(32)22(29-31(15)20-11-5-3-9-18(20)24(26,27)28)23(33)30-12-6-8-17(30)14-16-7-2-4-10-19(16)25/h2-5,7,9-11,13,17H,6,8,12,14H2,1H3/t17-/m0/s1. The van der Waals surface area contributed by atoms with Crippen molar-refractivity contribution in [3.8, 4) is 5.69 Å². The molecule has 1 amide bonds. The van der Waals surface area contributed by atoms with E-state index in [1.165, 1.54) is 25.1 Å². The van der Waals surface area contributed by atoms with E-state index in [-0.39, 0.29) is 17.4 Å². The Labute approximate surface area is 193 Å². The van der Waals surface area contributed by atoms with E-state index in [0.717, 1.165) is 35.2 Å². The summed E-state index contributed by atoms with van der Waals surface area (Å²) in [5.74, 6) is -0.590. The molecule has 3 aromatic rings. The fourth-order valence-corrected chi connectivity index (χ4v) is 4.42. The van der Waals surface area contributed by atoms with E-state index in [2.05, 4.69) is 5.10 Å². The maximum absolute atomic E-state index is 13.6. The van der Waals surface area contributed by atoms with Gasteiger partial charge in [-0.2, -0.15) is 18.3 Å². The molecule has 33 heavy (non-hydrogen) atoms. The molecule has 0 bridgehead atoms. The van der Waals surface area contributed by atoms with Crippen molar-refractivity contribution >= 4 is 17.5 Å². The van der Waals surface area contributed by atoms with Crippen molar-refractivity contribution in [1.82, 2.24) is 14.7 Å². The molecule has 2 heterocycles. The third-order valence-electron chi connectivity index (χ3n) is 5.80. The van der Waals surface area contributed by atoms with Crippen molar-refractivity contribution in [1.29, 1.82) is 0 Å². The lowest BCUT2D eigenvalue weighted by atomic mass is 10.0. The molecule has 1 aliphatic heterocycles. The van der Waals surface area contributed by atoms with Gasteiger partial charge in [0.15, 0.2) is 5.69 Å². The number of nitrogens with zero attached hydrogens (tertiary/aromatic N) is 3. The van der Waals surface area contributed by atoms with Crippen LogP contribution in [-0.4, -0.2) is 33.2 Å². The fourth-order valence-electron chi connectivity index (χ4n) is 4.21. The third-order valence-corrected chi connectivity index (χ3v) is 6.17. The molecule has 0 aliphatic carbocycles. The van der Waals surface area contributed by atoms with Gasteiger partial charge < -0.3 is 4.90 Å². The van der Waals surface area contributed by atoms with Gasteiger partial charge in [0.2, 0.25) is 5.43 Å². The lowest BCUT2D eigenvalue weighted by Crippen LogP contribution is -2.40. The number of hydrogen-bond acceptors (Lipinski definition) is 3. The average molecular weight is 476 g/mol. The van der Waals surface area contributed by atoms with Gasteiger partial charge in [-0.1, -0.05) is 41.9 Å². The van der Waals surface area contributed by atoms with Crippen molar-refractivity contribution in [2.45, 2.75) is 38.4 Å². The normalized spacial score (nSPS) is 16.3. The minimum atomic E-state index is -4.62. The Hall–Kier alpha value is -3.13. The smallest absolute Gasteiger partial charge is 0.334 e. The SMILES string of the molecule is Cc1cc(=O)c(C(=O)N2CCC[C@H]2Cc2ccccc2Cl)nn1-c1ccccc1C(F)(F)F. The number of rotatable bonds is 4. The number of carbonyl (C=O) groups is 1. The summed E-state index contributed by atoms with van der Waals surface area (Å²) in [7, 11) is 0. The zero-order valence-electron chi connectivity index (χ0n) is 17.8. The molecule has 2 aromatic carbocycles. The van der Waals surface area contributed by atoms with Gasteiger partial charge in [-0.15, -0.1) is 0 Å². The number of para-hydroxylation sites is 1. The molecule has 0 radical (unpaired) electrons. The van der Waals surface area contributed by atoms with Gasteiger partial charge in [0.05, 0.1) is 11.3 Å². The zero-order valence-corrected chi connectivity index (χ0v) is 18.5. The van der Waals surface area contributed by atoms with E-state index in [4.69, 9.17) is 11.6 Å². The molecule has 0 N–H and O–H groups in total. The summed E-state index contributed by atoms with van der Waals surface area (Å²) in [5.41, 5.74) is -1.09. The van der Waals surface area contributed by atoms with Crippen LogP contribution in [0.2, 0.25) is 5.02 Å². The maximum atomic E-state index is 13.6. The third kappa shape index (κ3) is 4.66. The predicted molar refractivity (Wildman–Crippen MR) is 119 cm³/mol. The first-order chi connectivity index (χ1) is 15.7. The van der Waals surface area contributed by atoms with Gasteiger partial charge in [-0.25, -0.2) is 4.68 Å². The summed E-state index contributed by atoms with van der Waals surface area (Å²) < 4.78 is 41.7. The van der Waals surface area contributed by atoms with Crippen LogP contribution in [0.4, 0.5) is 13.2 Å². The van der Waals surface area contributed by atoms with Crippen LogP contribution >= 0.6 is 11.6 Å². The monoisotopic (exact) mass is 475 g/mol. The molecular weight excluding hydrogens is 455 g/mol. The van der Waals surface area contributed by atoms with Crippen molar-refractivity contribution in [3.05, 3.63) is 92.4 Å². The summed E-state index contributed by atoms with van der Waals surface area (Å²) in [6, 6.07) is 13.2. The Kier molecular flexibility index (Phi) is 6.30. The molecule has 0 saturated carbocycles. The molecular formula is C24H21ClF3N3O2. The molecule has 1 saturated heterocycles. The first kappa shape index (κ1) is 23.0. The number of benzene rings is 2. The second-order valence-corrected chi connectivity index (χ2v) is 8.42. The molecule has 0 spiro atoms. The summed E-state index contributed by atoms with van der Waals surface area (Å²) >= 11 is 6.27. The predicted octanol–water partition coefficient (Wildman–Crippen LogP) is 5.06. The molecule has 1 fully saturated rings. The van der Waals surface area contributed by atoms with Crippen molar-refractivity contribution in [3.63, 3.8) is 0 Å². The Morgan fingerprint density at radius 1 is 1.15 bits per heavy atom. The van der Waals surface area contributed by atoms with Crippen LogP contribution in [-0.2, 0) is 12.6 Å². The average Bonchev–Trinajstić information content (AvgIpc) is 3.23. The minimum absolute atomic E-state index is 0.184. The van der Waals surface area contributed by atoms with Crippen LogP contribution in [0.3, 0.4) is 0 Å². The highest BCUT2D eigenvalue weighted by atomic mass is 35.5. The number of aryl methyl sites for hydroxylation is 1. The van der Waals surface area contributed by atoms with Gasteiger partial charge in [-0.3, -0.25) is 9.59 Å². The van der Waals surface area contributed by atoms with Crippen LogP contribution in [0.1, 0.15) is 40.2 Å². The van der Waals surface area contributed by atoms with Gasteiger partial charge in [-0.05, 0) is 49.9 Å². The van der Waals surface area contributed by atoms with Crippen LogP contribution in [0.25, 0.3) is 5.69 Å². The molecule has 9 heteroatoms. The first-order valence-electron chi connectivity index (χ1n) is 10.5. The second-order valence-electron chi connectivity index (χ2n) is 8.02. The lowest BCUT2D eigenvalue weighted by molar-refractivity contribution is -0.137. The number of likely N-dealkylation sites (tertiary alicyclic amines) is 1. The molecule has 5 nitrogen and oxygen atoms in total. The van der Waals surface area contributed by atoms with Crippen LogP contribution in [0.5, 0.6) is 0 Å². The van der Waals surface area contributed by atoms with E-state index in [1.807, 2.05) is 18.2 Å². The molecule has 1 aromatic heterocycles. The van der Waals surface area contributed by atoms with Gasteiger partial charge >= 0.3 is 6.18 Å². The summed E-state index contributed by atoms with van der Waals surface area (Å²) in [6.07, 6.45) is -2.62. The molecule has 0 unspecified atom stereocenters. The second kappa shape index (κ2) is 9.02. The minimum Gasteiger partial charge on any atom is -0.334 e. The lowest BCUT2D eigenvalue weighted by Gasteiger charge is -2.25. The summed E-state index contributed by atoms with van der Waals surface area (Å²) in [5, 5.41) is 4.70. The maximum Gasteiger partial charge on any atom is 0.418 e. The highest BCUT2D eigenvalue weighted by molar-refractivity contribution is 6.31. The van der Waals surface area contributed by atoms with Crippen LogP contribution in [0, 0.1) is 6.92 Å². The highest BCUT2D eigenvalue weighted by Gasteiger charge is 2.35. The summed E-state index contributed by atoms with van der Waals surface area (Å²) in [4.78, 5) is 27.6. The zero-order chi connectivity index (χ0) is 23.8. The van der Waals surface area contributed by atoms with Crippen LogP contribution in [0.15, 0.2) is 59.4 Å². The quantitative estimate of drug-likeness (QED) is 0.530. The number of halogens is 4. The van der Waals surface area contributed by atoms with E-state index in [9.17, 15) is 22.8 Å². The number of aromatic nitrogens is 2. The van der Waals surface area contributed by atoms with E-state index in [0.29, 0.717) is 18.0 Å². The Morgan fingerprint density at radius 3 is 2.58 bits per heavy atom. The number of hydrogen-bond donors (Lipinski definition) is 0. The largest absolute Gasteiger partial charge is 0.418 e. The highest BCUT2D eigenvalue weighted by Crippen LogP contribution is 2.33. The molecule has 1 atom stereocenters. The topological polar surface area (TPSA) is 55.2 Å². The van der Waals surface area contributed by atoms with Gasteiger partial charge in [0.25, 0.3) is 5.91 Å². The van der Waals surface area contributed by atoms with Crippen molar-refractivity contribution in [2.24, 2.45) is 0 Å². The number of alkyl halides is 3. The van der Waals surface area contributed by atoms with Gasteiger partial charge in [0, 0.05) is 29.4 Å². The van der Waals surface area contributed by atoms with Gasteiger partial charge in [0.1, 0.15) is 0 Å². The Morgan fingerprint density at radius 2 is 1.85 bits per heavy atom. The Bertz CT molecular complexity index is 1260. The first-order valence-corrected chi connectivity index (χ1v) is 10.9. The fraction of sp³-hybridized carbons (Fsp3) is 0.292. The van der Waals surface area contributed by atoms with Crippen LogP contribution < -0.4 is 5.43 Å². The molecule has 4 rings (SSSR count). The van der Waals surface area contributed by atoms with E-state index >= 15 is 0 Å².